The van der Waals surface area contributed by atoms with Gasteiger partial charge in [0.1, 0.15) is 16.5 Å². The molecule has 0 unspecified atom stereocenters. The minimum Gasteiger partial charge on any atom is -0.369 e. The van der Waals surface area contributed by atoms with Gasteiger partial charge in [-0.2, -0.15) is 5.10 Å². The van der Waals surface area contributed by atoms with Crippen molar-refractivity contribution in [3.63, 3.8) is 0 Å². The number of aryl methyl sites for hydroxylation is 3. The van der Waals surface area contributed by atoms with Gasteiger partial charge >= 0.3 is 0 Å². The van der Waals surface area contributed by atoms with E-state index < -0.39 is 0 Å². The van der Waals surface area contributed by atoms with E-state index in [2.05, 4.69) is 39.6 Å². The van der Waals surface area contributed by atoms with Crippen molar-refractivity contribution >= 4 is 33.3 Å². The van der Waals surface area contributed by atoms with Crippen LogP contribution in [0.1, 0.15) is 35.1 Å². The molecule has 4 rings (SSSR count). The number of nitrogens with zero attached hydrogens (tertiary/aromatic N) is 5. The van der Waals surface area contributed by atoms with Gasteiger partial charge in [-0.3, -0.25) is 9.48 Å². The summed E-state index contributed by atoms with van der Waals surface area (Å²) in [7, 11) is 3.82. The Kier molecular flexibility index (Phi) is 4.38. The predicted molar refractivity (Wildman–Crippen MR) is 107 cm³/mol. The van der Waals surface area contributed by atoms with Crippen molar-refractivity contribution in [3.05, 3.63) is 34.2 Å². The van der Waals surface area contributed by atoms with E-state index >= 15 is 0 Å². The van der Waals surface area contributed by atoms with Crippen LogP contribution in [0.5, 0.6) is 0 Å². The van der Waals surface area contributed by atoms with E-state index in [1.54, 1.807) is 11.3 Å². The summed E-state index contributed by atoms with van der Waals surface area (Å²) in [6.45, 7) is 6.72. The zero-order valence-corrected chi connectivity index (χ0v) is 17.1. The van der Waals surface area contributed by atoms with E-state index in [1.165, 1.54) is 5.56 Å². The zero-order chi connectivity index (χ0) is 19.3. The van der Waals surface area contributed by atoms with Crippen LogP contribution < -0.4 is 5.32 Å². The van der Waals surface area contributed by atoms with Gasteiger partial charge in [0.2, 0.25) is 5.91 Å². The van der Waals surface area contributed by atoms with Gasteiger partial charge in [-0.1, -0.05) is 0 Å². The molecule has 1 N–H and O–H groups in total. The van der Waals surface area contributed by atoms with Crippen LogP contribution in [0, 0.1) is 26.7 Å². The number of carbonyl (C=O) groups excluding carboxylic acids is 1. The van der Waals surface area contributed by atoms with Crippen LogP contribution in [0.15, 0.2) is 11.6 Å². The van der Waals surface area contributed by atoms with Crippen molar-refractivity contribution in [2.75, 3.05) is 18.9 Å². The largest absolute Gasteiger partial charge is 0.369 e. The number of anilines is 1. The molecule has 1 saturated heterocycles. The minimum absolute atomic E-state index is 0.0284. The average molecular weight is 385 g/mol. The highest BCUT2D eigenvalue weighted by molar-refractivity contribution is 7.17. The van der Waals surface area contributed by atoms with Crippen molar-refractivity contribution in [3.8, 4) is 0 Å². The second kappa shape index (κ2) is 6.60. The summed E-state index contributed by atoms with van der Waals surface area (Å²) in [6.07, 6.45) is 2.41. The molecule has 27 heavy (non-hydrogen) atoms. The van der Waals surface area contributed by atoms with Gasteiger partial charge in [0.25, 0.3) is 0 Å². The van der Waals surface area contributed by atoms with Crippen molar-refractivity contribution in [1.82, 2.24) is 24.6 Å². The lowest BCUT2D eigenvalue weighted by Gasteiger charge is -2.25. The summed E-state index contributed by atoms with van der Waals surface area (Å²) in [5, 5.41) is 11.1. The van der Waals surface area contributed by atoms with Gasteiger partial charge in [-0.25, -0.2) is 9.97 Å². The van der Waals surface area contributed by atoms with E-state index in [-0.39, 0.29) is 17.9 Å². The number of thiophene rings is 1. The lowest BCUT2D eigenvalue weighted by atomic mass is 9.94. The molecule has 0 saturated carbocycles. The maximum atomic E-state index is 12.4. The number of amides is 1. The molecule has 0 radical (unpaired) electrons. The van der Waals surface area contributed by atoms with Gasteiger partial charge in [-0.15, -0.1) is 11.3 Å². The van der Waals surface area contributed by atoms with E-state index in [0.717, 1.165) is 33.1 Å². The Balaban J connectivity index is 1.63. The molecule has 3 aromatic rings. The number of fused-ring (bicyclic) bond motifs is 1. The Morgan fingerprint density at radius 3 is 2.74 bits per heavy atom. The molecule has 1 aliphatic heterocycles. The number of hydrogen-bond donors (Lipinski definition) is 1. The van der Waals surface area contributed by atoms with Gasteiger partial charge in [0, 0.05) is 44.2 Å². The molecule has 1 aliphatic rings. The third-order valence-corrected chi connectivity index (χ3v) is 6.54. The summed E-state index contributed by atoms with van der Waals surface area (Å²) in [5.41, 5.74) is 3.39. The number of rotatable bonds is 4. The van der Waals surface area contributed by atoms with Crippen LogP contribution in [0.2, 0.25) is 0 Å². The molecule has 1 amide bonds. The third-order valence-electron chi connectivity index (χ3n) is 5.55. The van der Waals surface area contributed by atoms with E-state index in [0.29, 0.717) is 13.0 Å². The first-order chi connectivity index (χ1) is 12.9. The Morgan fingerprint density at radius 1 is 1.26 bits per heavy atom. The van der Waals surface area contributed by atoms with Gasteiger partial charge in [0.05, 0.1) is 17.6 Å². The van der Waals surface area contributed by atoms with Crippen LogP contribution >= 0.6 is 11.3 Å². The van der Waals surface area contributed by atoms with Crippen LogP contribution in [0.25, 0.3) is 10.2 Å². The normalized spacial score (nSPS) is 20.0. The summed E-state index contributed by atoms with van der Waals surface area (Å²) < 4.78 is 1.86. The monoisotopic (exact) mass is 384 g/mol. The molecule has 4 heterocycles. The van der Waals surface area contributed by atoms with Crippen LogP contribution in [0.4, 0.5) is 5.82 Å². The Labute approximate surface area is 162 Å². The fraction of sp³-hybridized carbons (Fsp3) is 0.474. The van der Waals surface area contributed by atoms with Crippen molar-refractivity contribution in [1.29, 1.82) is 0 Å². The molecule has 0 spiro atoms. The lowest BCUT2D eigenvalue weighted by Crippen LogP contribution is -2.27. The molecule has 7 nitrogen and oxygen atoms in total. The summed E-state index contributed by atoms with van der Waals surface area (Å²) >= 11 is 1.64. The highest BCUT2D eigenvalue weighted by Crippen LogP contribution is 2.38. The summed E-state index contributed by atoms with van der Waals surface area (Å²) in [4.78, 5) is 24.4. The smallest absolute Gasteiger partial charge is 0.223 e. The zero-order valence-electron chi connectivity index (χ0n) is 16.3. The highest BCUT2D eigenvalue weighted by atomic mass is 32.1. The maximum Gasteiger partial charge on any atom is 0.223 e. The number of nitrogens with one attached hydrogen (secondary N) is 1. The Hall–Kier alpha value is -2.48. The SMILES string of the molecule is Cc1nc(NC[C@@H]2CC(=O)N(C)[C@H]2c2cnn(C)c2C)c2c(C)csc2n1. The van der Waals surface area contributed by atoms with E-state index in [9.17, 15) is 4.79 Å². The number of likely N-dealkylation sites (tertiary alicyclic amines) is 1. The molecule has 1 fully saturated rings. The average Bonchev–Trinajstić information content (AvgIpc) is 3.24. The van der Waals surface area contributed by atoms with Gasteiger partial charge in [0.15, 0.2) is 0 Å². The van der Waals surface area contributed by atoms with Crippen LogP contribution in [0.3, 0.4) is 0 Å². The minimum atomic E-state index is 0.0284. The fourth-order valence-corrected chi connectivity index (χ4v) is 4.92. The second-order valence-electron chi connectivity index (χ2n) is 7.32. The molecule has 2 atom stereocenters. The van der Waals surface area contributed by atoms with Crippen molar-refractivity contribution in [2.45, 2.75) is 33.2 Å². The molecular weight excluding hydrogens is 360 g/mol. The fourth-order valence-electron chi connectivity index (χ4n) is 3.95. The van der Waals surface area contributed by atoms with Crippen LogP contribution in [-0.4, -0.2) is 44.1 Å². The van der Waals surface area contributed by atoms with Gasteiger partial charge in [-0.05, 0) is 31.7 Å². The second-order valence-corrected chi connectivity index (χ2v) is 8.18. The molecule has 3 aromatic heterocycles. The quantitative estimate of drug-likeness (QED) is 0.748. The Morgan fingerprint density at radius 2 is 2.04 bits per heavy atom. The summed E-state index contributed by atoms with van der Waals surface area (Å²) in [6, 6.07) is 0.0284. The molecule has 0 aliphatic carbocycles. The van der Waals surface area contributed by atoms with E-state index in [4.69, 9.17) is 0 Å². The Bertz CT molecular complexity index is 1020. The van der Waals surface area contributed by atoms with E-state index in [1.807, 2.05) is 36.8 Å². The standard InChI is InChI=1S/C19H24N6OS/c1-10-9-27-19-16(10)18(22-12(3)23-19)20-7-13-6-15(26)24(4)17(13)14-8-21-25(5)11(14)2/h8-9,13,17H,6-7H2,1-5H3,(H,20,22,23)/t13-,17+/m0/s1. The van der Waals surface area contributed by atoms with Crippen molar-refractivity contribution < 1.29 is 4.79 Å². The molecule has 142 valence electrons. The molecular formula is C19H24N6OS. The number of aromatic nitrogens is 4. The van der Waals surface area contributed by atoms with Crippen LogP contribution in [-0.2, 0) is 11.8 Å². The molecule has 0 bridgehead atoms. The first-order valence-electron chi connectivity index (χ1n) is 9.07. The first kappa shape index (κ1) is 17.9. The first-order valence-corrected chi connectivity index (χ1v) is 9.95. The number of carbonyl (C=O) groups is 1. The molecule has 8 heteroatoms. The highest BCUT2D eigenvalue weighted by Gasteiger charge is 2.39. The van der Waals surface area contributed by atoms with Gasteiger partial charge < -0.3 is 10.2 Å². The topological polar surface area (TPSA) is 75.9 Å². The molecule has 0 aromatic carbocycles. The predicted octanol–water partition coefficient (Wildman–Crippen LogP) is 2.98. The summed E-state index contributed by atoms with van der Waals surface area (Å²) in [5.74, 6) is 1.95. The third kappa shape index (κ3) is 2.97. The van der Waals surface area contributed by atoms with Crippen molar-refractivity contribution in [2.24, 2.45) is 13.0 Å². The lowest BCUT2D eigenvalue weighted by molar-refractivity contribution is -0.127. The number of hydrogen-bond acceptors (Lipinski definition) is 6. The maximum absolute atomic E-state index is 12.4.